The molecule has 1 amide bonds. The number of methoxy groups -OCH3 is 2. The summed E-state index contributed by atoms with van der Waals surface area (Å²) in [5, 5.41) is 0. The molecule has 0 radical (unpaired) electrons. The van der Waals surface area contributed by atoms with Crippen LogP contribution in [0.2, 0.25) is 0 Å². The number of benzene rings is 1. The van der Waals surface area contributed by atoms with E-state index in [4.69, 9.17) is 14.2 Å². The zero-order chi connectivity index (χ0) is 18.6. The number of sulfone groups is 1. The van der Waals surface area contributed by atoms with Gasteiger partial charge in [0.15, 0.2) is 16.4 Å². The van der Waals surface area contributed by atoms with Crippen molar-refractivity contribution in [1.82, 2.24) is 4.90 Å². The van der Waals surface area contributed by atoms with Crippen LogP contribution in [-0.2, 0) is 19.4 Å². The van der Waals surface area contributed by atoms with Gasteiger partial charge in [-0.2, -0.15) is 0 Å². The molecule has 0 aliphatic carbocycles. The Hall–Kier alpha value is -2.29. The fraction of sp³-hybridized carbons (Fsp3) is 0.500. The molecule has 1 fully saturated rings. The van der Waals surface area contributed by atoms with Gasteiger partial charge in [0.2, 0.25) is 0 Å². The van der Waals surface area contributed by atoms with E-state index < -0.39 is 28.3 Å². The van der Waals surface area contributed by atoms with Crippen molar-refractivity contribution in [2.24, 2.45) is 0 Å². The van der Waals surface area contributed by atoms with Gasteiger partial charge in [0, 0.05) is 19.2 Å². The van der Waals surface area contributed by atoms with Crippen LogP contribution in [0.25, 0.3) is 0 Å². The number of nitrogens with zero attached hydrogens (tertiary/aromatic N) is 1. The summed E-state index contributed by atoms with van der Waals surface area (Å²) < 4.78 is 38.2. The summed E-state index contributed by atoms with van der Waals surface area (Å²) in [6, 6.07) is 4.22. The number of hydrogen-bond donors (Lipinski definition) is 0. The summed E-state index contributed by atoms with van der Waals surface area (Å²) in [4.78, 5) is 25.6. The SMILES string of the molecule is COc1ccc(C(=O)OCC(=O)N(C)[C@H]2CCS(=O)(=O)C2)c(OC)c1. The number of carbonyl (C=O) groups excluding carboxylic acids is 2. The van der Waals surface area contributed by atoms with Crippen molar-refractivity contribution in [3.8, 4) is 11.5 Å². The van der Waals surface area contributed by atoms with Crippen LogP contribution in [0.15, 0.2) is 18.2 Å². The highest BCUT2D eigenvalue weighted by molar-refractivity contribution is 7.91. The minimum absolute atomic E-state index is 0.0600. The number of carbonyl (C=O) groups is 2. The quantitative estimate of drug-likeness (QED) is 0.672. The first-order valence-electron chi connectivity index (χ1n) is 7.62. The molecule has 138 valence electrons. The molecule has 25 heavy (non-hydrogen) atoms. The van der Waals surface area contributed by atoms with Crippen molar-refractivity contribution in [3.63, 3.8) is 0 Å². The topological polar surface area (TPSA) is 99.2 Å². The number of amides is 1. The lowest BCUT2D eigenvalue weighted by atomic mass is 10.2. The van der Waals surface area contributed by atoms with Crippen molar-refractivity contribution < 1.29 is 32.2 Å². The van der Waals surface area contributed by atoms with E-state index in [0.29, 0.717) is 12.2 Å². The molecule has 0 unspecified atom stereocenters. The van der Waals surface area contributed by atoms with Gasteiger partial charge >= 0.3 is 5.97 Å². The first-order chi connectivity index (χ1) is 11.8. The van der Waals surface area contributed by atoms with Crippen LogP contribution in [-0.4, -0.2) is 70.6 Å². The highest BCUT2D eigenvalue weighted by Gasteiger charge is 2.33. The molecule has 9 heteroatoms. The lowest BCUT2D eigenvalue weighted by Gasteiger charge is -2.23. The van der Waals surface area contributed by atoms with E-state index in [1.54, 1.807) is 6.07 Å². The van der Waals surface area contributed by atoms with E-state index in [-0.39, 0.29) is 28.9 Å². The molecule has 2 rings (SSSR count). The molecule has 1 aliphatic rings. The molecule has 1 atom stereocenters. The van der Waals surface area contributed by atoms with Crippen LogP contribution >= 0.6 is 0 Å². The van der Waals surface area contributed by atoms with Gasteiger partial charge in [0.25, 0.3) is 5.91 Å². The Morgan fingerprint density at radius 2 is 1.96 bits per heavy atom. The van der Waals surface area contributed by atoms with Crippen molar-refractivity contribution in [1.29, 1.82) is 0 Å². The minimum atomic E-state index is -3.09. The fourth-order valence-corrected chi connectivity index (χ4v) is 4.33. The van der Waals surface area contributed by atoms with Crippen molar-refractivity contribution in [2.45, 2.75) is 12.5 Å². The monoisotopic (exact) mass is 371 g/mol. The van der Waals surface area contributed by atoms with Crippen LogP contribution < -0.4 is 9.47 Å². The molecule has 0 spiro atoms. The van der Waals surface area contributed by atoms with Gasteiger partial charge in [-0.1, -0.05) is 0 Å². The van der Waals surface area contributed by atoms with E-state index in [0.717, 1.165) is 0 Å². The van der Waals surface area contributed by atoms with Crippen LogP contribution in [0.3, 0.4) is 0 Å². The van der Waals surface area contributed by atoms with Crippen molar-refractivity contribution in [2.75, 3.05) is 39.4 Å². The lowest BCUT2D eigenvalue weighted by Crippen LogP contribution is -2.40. The Bertz CT molecular complexity index is 760. The van der Waals surface area contributed by atoms with E-state index in [2.05, 4.69) is 0 Å². The van der Waals surface area contributed by atoms with E-state index >= 15 is 0 Å². The number of rotatable bonds is 6. The highest BCUT2D eigenvalue weighted by atomic mass is 32.2. The van der Waals surface area contributed by atoms with Gasteiger partial charge in [-0.25, -0.2) is 13.2 Å². The minimum Gasteiger partial charge on any atom is -0.497 e. The van der Waals surface area contributed by atoms with Gasteiger partial charge in [-0.05, 0) is 18.6 Å². The molecule has 0 saturated carbocycles. The molecule has 0 N–H and O–H groups in total. The molecule has 0 bridgehead atoms. The summed E-state index contributed by atoms with van der Waals surface area (Å²) in [6.45, 7) is -0.471. The average Bonchev–Trinajstić information content (AvgIpc) is 2.97. The zero-order valence-electron chi connectivity index (χ0n) is 14.4. The molecule has 1 aromatic rings. The Balaban J connectivity index is 1.96. The maximum Gasteiger partial charge on any atom is 0.342 e. The van der Waals surface area contributed by atoms with Gasteiger partial charge in [0.1, 0.15) is 17.1 Å². The van der Waals surface area contributed by atoms with Gasteiger partial charge < -0.3 is 19.1 Å². The first-order valence-corrected chi connectivity index (χ1v) is 9.44. The second-order valence-corrected chi connectivity index (χ2v) is 7.93. The van der Waals surface area contributed by atoms with Crippen molar-refractivity contribution >= 4 is 21.7 Å². The molecule has 1 saturated heterocycles. The molecule has 0 aromatic heterocycles. The Kier molecular flexibility index (Phi) is 5.89. The third-order valence-electron chi connectivity index (χ3n) is 4.10. The van der Waals surface area contributed by atoms with E-state index in [1.165, 1.54) is 38.3 Å². The van der Waals surface area contributed by atoms with Crippen LogP contribution in [0, 0.1) is 0 Å². The second-order valence-electron chi connectivity index (χ2n) is 5.70. The van der Waals surface area contributed by atoms with Crippen molar-refractivity contribution in [3.05, 3.63) is 23.8 Å². The van der Waals surface area contributed by atoms with E-state index in [9.17, 15) is 18.0 Å². The molecule has 8 nitrogen and oxygen atoms in total. The number of ether oxygens (including phenoxy) is 3. The maximum absolute atomic E-state index is 12.2. The smallest absolute Gasteiger partial charge is 0.342 e. The molecular formula is C16H21NO7S. The normalized spacial score (nSPS) is 18.4. The summed E-state index contributed by atoms with van der Waals surface area (Å²) in [6.07, 6.45) is 0.394. The highest BCUT2D eigenvalue weighted by Crippen LogP contribution is 2.25. The molecular weight excluding hydrogens is 350 g/mol. The first kappa shape index (κ1) is 19.0. The summed E-state index contributed by atoms with van der Waals surface area (Å²) in [5.41, 5.74) is 0.169. The average molecular weight is 371 g/mol. The molecule has 1 aliphatic heterocycles. The summed E-state index contributed by atoms with van der Waals surface area (Å²) in [5.74, 6) is -0.366. The Labute approximate surface area is 146 Å². The largest absolute Gasteiger partial charge is 0.497 e. The van der Waals surface area contributed by atoms with E-state index in [1.807, 2.05) is 0 Å². The third kappa shape index (κ3) is 4.62. The van der Waals surface area contributed by atoms with Gasteiger partial charge in [0.05, 0.1) is 25.7 Å². The third-order valence-corrected chi connectivity index (χ3v) is 5.86. The number of likely N-dealkylation sites (N-methyl/N-ethyl adjacent to an activating group) is 1. The summed E-state index contributed by atoms with van der Waals surface area (Å²) in [7, 11) is 1.31. The number of hydrogen-bond acceptors (Lipinski definition) is 7. The molecule has 1 heterocycles. The Morgan fingerprint density at radius 3 is 2.52 bits per heavy atom. The summed E-state index contributed by atoms with van der Waals surface area (Å²) >= 11 is 0. The standard InChI is InChI=1S/C16H21NO7S/c1-17(11-6-7-25(20,21)10-11)15(18)9-24-16(19)13-5-4-12(22-2)8-14(13)23-3/h4-5,8,11H,6-7,9-10H2,1-3H3/t11-/m0/s1. The zero-order valence-corrected chi connectivity index (χ0v) is 15.2. The second kappa shape index (κ2) is 7.73. The van der Waals surface area contributed by atoms with Gasteiger partial charge in [-0.15, -0.1) is 0 Å². The van der Waals surface area contributed by atoms with Gasteiger partial charge in [-0.3, -0.25) is 4.79 Å². The Morgan fingerprint density at radius 1 is 1.24 bits per heavy atom. The lowest BCUT2D eigenvalue weighted by molar-refractivity contribution is -0.134. The predicted octanol–water partition coefficient (Wildman–Crippen LogP) is 0.506. The van der Waals surface area contributed by atoms with Crippen LogP contribution in [0.5, 0.6) is 11.5 Å². The maximum atomic E-state index is 12.2. The number of esters is 1. The predicted molar refractivity (Wildman–Crippen MR) is 89.7 cm³/mol. The fourth-order valence-electron chi connectivity index (χ4n) is 2.56. The van der Waals surface area contributed by atoms with Crippen LogP contribution in [0.4, 0.5) is 0 Å². The molecule has 1 aromatic carbocycles. The van der Waals surface area contributed by atoms with Crippen LogP contribution in [0.1, 0.15) is 16.8 Å².